The lowest BCUT2D eigenvalue weighted by atomic mass is 9.89. The summed E-state index contributed by atoms with van der Waals surface area (Å²) in [5, 5.41) is 0. The maximum atomic E-state index is 13.5. The second kappa shape index (κ2) is 9.55. The van der Waals surface area contributed by atoms with Crippen LogP contribution in [-0.4, -0.2) is 37.0 Å². The van der Waals surface area contributed by atoms with Gasteiger partial charge in [-0.3, -0.25) is 4.79 Å². The summed E-state index contributed by atoms with van der Waals surface area (Å²) < 4.78 is 18.9. The molecule has 1 heterocycles. The molecule has 1 aliphatic heterocycles. The predicted molar refractivity (Wildman–Crippen MR) is 102 cm³/mol. The fraction of sp³-hybridized carbons (Fsp3) is 0.350. The van der Waals surface area contributed by atoms with E-state index < -0.39 is 5.82 Å². The predicted octanol–water partition coefficient (Wildman–Crippen LogP) is 3.22. The maximum absolute atomic E-state index is 13.5. The molecule has 0 aromatic heterocycles. The summed E-state index contributed by atoms with van der Waals surface area (Å²) in [6, 6.07) is 16.4. The Morgan fingerprint density at radius 2 is 1.81 bits per heavy atom. The highest BCUT2D eigenvalue weighted by Crippen LogP contribution is 2.32. The fourth-order valence-corrected chi connectivity index (χ4v) is 3.36. The summed E-state index contributed by atoms with van der Waals surface area (Å²) >= 11 is 0. The first-order chi connectivity index (χ1) is 12.2. The van der Waals surface area contributed by atoms with E-state index in [2.05, 4.69) is 12.1 Å². The first-order valence-electron chi connectivity index (χ1n) is 8.59. The van der Waals surface area contributed by atoms with E-state index >= 15 is 0 Å². The van der Waals surface area contributed by atoms with Gasteiger partial charge in [-0.2, -0.15) is 0 Å². The molecule has 2 atom stereocenters. The molecule has 0 radical (unpaired) electrons. The van der Waals surface area contributed by atoms with Gasteiger partial charge in [-0.25, -0.2) is 4.39 Å². The largest absolute Gasteiger partial charge is 0.490 e. The second-order valence-electron chi connectivity index (χ2n) is 6.34. The number of nitrogens with zero attached hydrogens (tertiary/aromatic N) is 1. The van der Waals surface area contributed by atoms with E-state index in [4.69, 9.17) is 10.5 Å². The van der Waals surface area contributed by atoms with Crippen molar-refractivity contribution in [1.29, 1.82) is 0 Å². The van der Waals surface area contributed by atoms with Gasteiger partial charge in [0.1, 0.15) is 0 Å². The maximum Gasteiger partial charge on any atom is 0.226 e. The third kappa shape index (κ3) is 4.74. The average Bonchev–Trinajstić information content (AvgIpc) is 3.08. The zero-order valence-corrected chi connectivity index (χ0v) is 15.3. The molecule has 3 rings (SSSR count). The van der Waals surface area contributed by atoms with Crippen LogP contribution < -0.4 is 10.5 Å². The van der Waals surface area contributed by atoms with Gasteiger partial charge in [0.2, 0.25) is 5.91 Å². The normalized spacial score (nSPS) is 19.1. The Kier molecular flexibility index (Phi) is 7.42. The highest BCUT2D eigenvalue weighted by Gasteiger charge is 2.34. The third-order valence-corrected chi connectivity index (χ3v) is 4.73. The molecule has 26 heavy (non-hydrogen) atoms. The van der Waals surface area contributed by atoms with Crippen LogP contribution in [0.15, 0.2) is 54.6 Å². The van der Waals surface area contributed by atoms with Crippen LogP contribution in [0.1, 0.15) is 17.9 Å². The number of carbonyl (C=O) groups excluding carboxylic acids is 1. The number of halogens is 2. The standard InChI is InChI=1S/C20H23FN2O2.ClH/c21-18-8-4-5-9-19(18)25-11-10-20(24)23-13-16(12-22)17(14-23)15-6-2-1-3-7-15;/h1-9,16-17H,10-14,22H2;1H/t16-,17+;/m1./s1. The molecule has 0 unspecified atom stereocenters. The van der Waals surface area contributed by atoms with Gasteiger partial charge in [0.25, 0.3) is 0 Å². The minimum Gasteiger partial charge on any atom is -0.490 e. The highest BCUT2D eigenvalue weighted by molar-refractivity contribution is 5.85. The van der Waals surface area contributed by atoms with Crippen LogP contribution in [-0.2, 0) is 4.79 Å². The Labute approximate surface area is 159 Å². The number of hydrogen-bond donors (Lipinski definition) is 1. The first-order valence-corrected chi connectivity index (χ1v) is 8.59. The highest BCUT2D eigenvalue weighted by atomic mass is 35.5. The van der Waals surface area contributed by atoms with Crippen LogP contribution in [0.3, 0.4) is 0 Å². The molecule has 1 amide bonds. The second-order valence-corrected chi connectivity index (χ2v) is 6.34. The van der Waals surface area contributed by atoms with Gasteiger partial charge in [-0.1, -0.05) is 42.5 Å². The fourth-order valence-electron chi connectivity index (χ4n) is 3.36. The molecule has 140 valence electrons. The van der Waals surface area contributed by atoms with Crippen LogP contribution in [0, 0.1) is 11.7 Å². The number of carbonyl (C=O) groups is 1. The van der Waals surface area contributed by atoms with E-state index in [9.17, 15) is 9.18 Å². The summed E-state index contributed by atoms with van der Waals surface area (Å²) in [7, 11) is 0. The summed E-state index contributed by atoms with van der Waals surface area (Å²) in [5.74, 6) is 0.317. The number of benzene rings is 2. The van der Waals surface area contributed by atoms with Crippen molar-refractivity contribution in [3.63, 3.8) is 0 Å². The summed E-state index contributed by atoms with van der Waals surface area (Å²) in [6.07, 6.45) is 0.229. The SMILES string of the molecule is Cl.NC[C@@H]1CN(C(=O)CCOc2ccccc2F)C[C@H]1c1ccccc1. The lowest BCUT2D eigenvalue weighted by Crippen LogP contribution is -2.30. The zero-order chi connectivity index (χ0) is 17.6. The molecule has 2 aromatic rings. The molecule has 6 heteroatoms. The van der Waals surface area contributed by atoms with Crippen molar-refractivity contribution in [3.8, 4) is 5.75 Å². The zero-order valence-electron chi connectivity index (χ0n) is 14.5. The molecule has 0 spiro atoms. The Morgan fingerprint density at radius 3 is 2.50 bits per heavy atom. The minimum atomic E-state index is -0.413. The van der Waals surface area contributed by atoms with Crippen LogP contribution in [0.5, 0.6) is 5.75 Å². The number of hydrogen-bond acceptors (Lipinski definition) is 3. The summed E-state index contributed by atoms with van der Waals surface area (Å²) in [4.78, 5) is 14.3. The van der Waals surface area contributed by atoms with Crippen molar-refractivity contribution in [2.24, 2.45) is 11.7 Å². The molecule has 0 aliphatic carbocycles. The lowest BCUT2D eigenvalue weighted by Gasteiger charge is -2.17. The third-order valence-electron chi connectivity index (χ3n) is 4.73. The number of likely N-dealkylation sites (tertiary alicyclic amines) is 1. The molecule has 1 fully saturated rings. The minimum absolute atomic E-state index is 0. The monoisotopic (exact) mass is 378 g/mol. The molecule has 1 aliphatic rings. The van der Waals surface area contributed by atoms with E-state index in [1.807, 2.05) is 23.1 Å². The van der Waals surface area contributed by atoms with Crippen molar-refractivity contribution in [2.75, 3.05) is 26.2 Å². The van der Waals surface area contributed by atoms with Gasteiger partial charge in [0, 0.05) is 19.0 Å². The first kappa shape index (κ1) is 20.2. The van der Waals surface area contributed by atoms with Crippen molar-refractivity contribution >= 4 is 18.3 Å². The summed E-state index contributed by atoms with van der Waals surface area (Å²) in [5.41, 5.74) is 7.13. The van der Waals surface area contributed by atoms with Crippen LogP contribution in [0.25, 0.3) is 0 Å². The van der Waals surface area contributed by atoms with Gasteiger partial charge in [-0.15, -0.1) is 12.4 Å². The molecule has 4 nitrogen and oxygen atoms in total. The number of rotatable bonds is 6. The molecule has 1 saturated heterocycles. The average molecular weight is 379 g/mol. The molecule has 0 bridgehead atoms. The number of ether oxygens (including phenoxy) is 1. The summed E-state index contributed by atoms with van der Waals surface area (Å²) in [6.45, 7) is 2.05. The Morgan fingerprint density at radius 1 is 1.12 bits per heavy atom. The number of para-hydroxylation sites is 1. The molecular formula is C20H24ClFN2O2. The number of amides is 1. The van der Waals surface area contributed by atoms with E-state index in [0.717, 1.165) is 0 Å². The van der Waals surface area contributed by atoms with Crippen LogP contribution in [0.2, 0.25) is 0 Å². The van der Waals surface area contributed by atoms with Crippen molar-refractivity contribution in [1.82, 2.24) is 4.90 Å². The van der Waals surface area contributed by atoms with Crippen LogP contribution in [0.4, 0.5) is 4.39 Å². The van der Waals surface area contributed by atoms with Gasteiger partial charge >= 0.3 is 0 Å². The van der Waals surface area contributed by atoms with Crippen LogP contribution >= 0.6 is 12.4 Å². The van der Waals surface area contributed by atoms with E-state index in [-0.39, 0.29) is 48.9 Å². The van der Waals surface area contributed by atoms with Crippen molar-refractivity contribution in [3.05, 3.63) is 66.0 Å². The Bertz CT molecular complexity index is 714. The van der Waals surface area contributed by atoms with E-state index in [1.54, 1.807) is 18.2 Å². The molecule has 0 saturated carbocycles. The molecular weight excluding hydrogens is 355 g/mol. The molecule has 2 aromatic carbocycles. The topological polar surface area (TPSA) is 55.6 Å². The van der Waals surface area contributed by atoms with Crippen molar-refractivity contribution in [2.45, 2.75) is 12.3 Å². The Hall–Kier alpha value is -2.11. The van der Waals surface area contributed by atoms with Gasteiger partial charge < -0.3 is 15.4 Å². The quantitative estimate of drug-likeness (QED) is 0.839. The van der Waals surface area contributed by atoms with Gasteiger partial charge in [0.05, 0.1) is 13.0 Å². The smallest absolute Gasteiger partial charge is 0.226 e. The van der Waals surface area contributed by atoms with E-state index in [1.165, 1.54) is 11.6 Å². The van der Waals surface area contributed by atoms with Gasteiger partial charge in [0.15, 0.2) is 11.6 Å². The van der Waals surface area contributed by atoms with Crippen molar-refractivity contribution < 1.29 is 13.9 Å². The number of nitrogens with two attached hydrogens (primary N) is 1. The van der Waals surface area contributed by atoms with Gasteiger partial charge in [-0.05, 0) is 30.2 Å². The van der Waals surface area contributed by atoms with E-state index in [0.29, 0.717) is 19.6 Å². The Balaban J connectivity index is 0.00000243. The lowest BCUT2D eigenvalue weighted by molar-refractivity contribution is -0.130. The molecule has 2 N–H and O–H groups in total.